The molecule has 0 aromatic carbocycles. The molecule has 0 atom stereocenters. The van der Waals surface area contributed by atoms with E-state index in [4.69, 9.17) is 0 Å². The Bertz CT molecular complexity index is 804. The van der Waals surface area contributed by atoms with E-state index >= 15 is 0 Å². The van der Waals surface area contributed by atoms with Crippen LogP contribution in [0.4, 0.5) is 0 Å². The number of thiophene rings is 1. The smallest absolute Gasteiger partial charge is 0.267 e. The molecule has 0 aliphatic heterocycles. The van der Waals surface area contributed by atoms with E-state index < -0.39 is 0 Å². The van der Waals surface area contributed by atoms with Crippen molar-refractivity contribution in [3.63, 3.8) is 0 Å². The molecule has 0 N–H and O–H groups in total. The second-order valence-corrected chi connectivity index (χ2v) is 4.84. The predicted octanol–water partition coefficient (Wildman–Crippen LogP) is 2.04. The molecule has 3 heterocycles. The van der Waals surface area contributed by atoms with Gasteiger partial charge in [-0.3, -0.25) is 9.78 Å². The highest BCUT2D eigenvalue weighted by molar-refractivity contribution is 7.16. The molecule has 19 heavy (non-hydrogen) atoms. The first-order valence-electron chi connectivity index (χ1n) is 5.67. The normalized spacial score (nSPS) is 11.4. The Labute approximate surface area is 112 Å². The van der Waals surface area contributed by atoms with E-state index in [-0.39, 0.29) is 5.56 Å². The minimum atomic E-state index is -0.144. The third-order valence-corrected chi connectivity index (χ3v) is 3.47. The molecule has 3 aromatic heterocycles. The Morgan fingerprint density at radius 3 is 2.89 bits per heavy atom. The molecule has 0 unspecified atom stereocenters. The number of pyridine rings is 1. The van der Waals surface area contributed by atoms with Crippen LogP contribution >= 0.6 is 11.3 Å². The van der Waals surface area contributed by atoms with Gasteiger partial charge in [-0.25, -0.2) is 4.98 Å². The van der Waals surface area contributed by atoms with Crippen LogP contribution in [0.15, 0.2) is 45.9 Å². The van der Waals surface area contributed by atoms with Crippen molar-refractivity contribution < 1.29 is 0 Å². The summed E-state index contributed by atoms with van der Waals surface area (Å²) >= 11 is 1.45. The van der Waals surface area contributed by atoms with Crippen molar-refractivity contribution in [1.29, 1.82) is 0 Å². The van der Waals surface area contributed by atoms with E-state index in [0.29, 0.717) is 11.2 Å². The lowest BCUT2D eigenvalue weighted by Crippen LogP contribution is -2.19. The lowest BCUT2D eigenvalue weighted by Gasteiger charge is -2.02. The second-order valence-electron chi connectivity index (χ2n) is 3.94. The van der Waals surface area contributed by atoms with Crippen LogP contribution in [0.5, 0.6) is 0 Å². The Balaban J connectivity index is 2.10. The van der Waals surface area contributed by atoms with Crippen LogP contribution in [0.1, 0.15) is 11.4 Å². The zero-order chi connectivity index (χ0) is 13.2. The first-order valence-corrected chi connectivity index (χ1v) is 6.55. The molecule has 0 radical (unpaired) electrons. The van der Waals surface area contributed by atoms with Gasteiger partial charge in [-0.05, 0) is 36.1 Å². The molecule has 3 rings (SSSR count). The quantitative estimate of drug-likeness (QED) is 0.669. The molecule has 3 aromatic rings. The van der Waals surface area contributed by atoms with E-state index in [9.17, 15) is 4.79 Å². The molecule has 0 aliphatic rings. The van der Waals surface area contributed by atoms with Gasteiger partial charge < -0.3 is 0 Å². The van der Waals surface area contributed by atoms with Crippen LogP contribution < -0.4 is 5.56 Å². The molecule has 0 spiro atoms. The average molecular weight is 270 g/mol. The number of nitrogens with zero attached hydrogens (tertiary/aromatic N) is 4. The number of hydrogen-bond acceptors (Lipinski definition) is 5. The van der Waals surface area contributed by atoms with Gasteiger partial charge in [0.25, 0.3) is 5.56 Å². The molecule has 0 fully saturated rings. The largest absolute Gasteiger partial charge is 0.282 e. The summed E-state index contributed by atoms with van der Waals surface area (Å²) in [4.78, 5) is 21.3. The monoisotopic (exact) mass is 270 g/mol. The lowest BCUT2D eigenvalue weighted by atomic mass is 10.3. The van der Waals surface area contributed by atoms with E-state index in [0.717, 1.165) is 10.4 Å². The van der Waals surface area contributed by atoms with Crippen LogP contribution in [-0.4, -0.2) is 20.9 Å². The number of aryl methyl sites for hydroxylation is 1. The number of aromatic nitrogens is 3. The van der Waals surface area contributed by atoms with Crippen LogP contribution in [0, 0.1) is 6.92 Å². The summed E-state index contributed by atoms with van der Waals surface area (Å²) in [6.07, 6.45) is 4.98. The standard InChI is InChI=1S/C13H10N4OS/c1-9-16-12-11(4-7-19-12)13(18)17(9)15-8-10-2-5-14-6-3-10/h2-8H,1H3/b15-8-. The van der Waals surface area contributed by atoms with Crippen LogP contribution in [0.3, 0.4) is 0 Å². The summed E-state index contributed by atoms with van der Waals surface area (Å²) in [6.45, 7) is 1.77. The van der Waals surface area contributed by atoms with Gasteiger partial charge in [0.15, 0.2) is 0 Å². The molecule has 0 aliphatic carbocycles. The minimum absolute atomic E-state index is 0.144. The number of fused-ring (bicyclic) bond motifs is 1. The highest BCUT2D eigenvalue weighted by Gasteiger charge is 2.07. The maximum absolute atomic E-state index is 12.2. The summed E-state index contributed by atoms with van der Waals surface area (Å²) in [5.74, 6) is 0.574. The second kappa shape index (κ2) is 4.74. The van der Waals surface area contributed by atoms with Gasteiger partial charge in [-0.2, -0.15) is 9.78 Å². The molecule has 0 saturated heterocycles. The SMILES string of the molecule is Cc1nc2sccc2c(=O)n1/N=C\c1ccncc1. The molecule has 94 valence electrons. The molecular formula is C13H10N4OS. The van der Waals surface area contributed by atoms with Crippen LogP contribution in [0.25, 0.3) is 10.2 Å². The van der Waals surface area contributed by atoms with Gasteiger partial charge in [-0.1, -0.05) is 0 Å². The maximum Gasteiger partial charge on any atom is 0.282 e. The third-order valence-electron chi connectivity index (χ3n) is 2.67. The van der Waals surface area contributed by atoms with Gasteiger partial charge in [-0.15, -0.1) is 11.3 Å². The Morgan fingerprint density at radius 1 is 1.32 bits per heavy atom. The Kier molecular flexibility index (Phi) is 2.92. The number of hydrogen-bond donors (Lipinski definition) is 0. The van der Waals surface area contributed by atoms with Crippen molar-refractivity contribution >= 4 is 27.8 Å². The van der Waals surface area contributed by atoms with Crippen molar-refractivity contribution in [2.45, 2.75) is 6.92 Å². The summed E-state index contributed by atoms with van der Waals surface area (Å²) < 4.78 is 1.31. The minimum Gasteiger partial charge on any atom is -0.267 e. The van der Waals surface area contributed by atoms with Gasteiger partial charge in [0.1, 0.15) is 10.7 Å². The maximum atomic E-state index is 12.2. The lowest BCUT2D eigenvalue weighted by molar-refractivity contribution is 0.772. The van der Waals surface area contributed by atoms with Gasteiger partial charge in [0.2, 0.25) is 0 Å². The van der Waals surface area contributed by atoms with Gasteiger partial charge in [0.05, 0.1) is 11.6 Å². The highest BCUT2D eigenvalue weighted by atomic mass is 32.1. The average Bonchev–Trinajstić information content (AvgIpc) is 2.88. The summed E-state index contributed by atoms with van der Waals surface area (Å²) in [5, 5.41) is 6.65. The van der Waals surface area contributed by atoms with Crippen molar-refractivity contribution in [3.05, 3.63) is 57.7 Å². The van der Waals surface area contributed by atoms with E-state index in [1.807, 2.05) is 17.5 Å². The zero-order valence-electron chi connectivity index (χ0n) is 10.1. The van der Waals surface area contributed by atoms with E-state index in [2.05, 4.69) is 15.1 Å². The van der Waals surface area contributed by atoms with Gasteiger partial charge >= 0.3 is 0 Å². The fraction of sp³-hybridized carbons (Fsp3) is 0.0769. The number of rotatable bonds is 2. The van der Waals surface area contributed by atoms with Crippen molar-refractivity contribution in [3.8, 4) is 0 Å². The van der Waals surface area contributed by atoms with E-state index in [1.165, 1.54) is 16.0 Å². The topological polar surface area (TPSA) is 60.1 Å². The summed E-state index contributed by atoms with van der Waals surface area (Å²) in [6, 6.07) is 5.41. The molecular weight excluding hydrogens is 260 g/mol. The molecule has 5 nitrogen and oxygen atoms in total. The fourth-order valence-corrected chi connectivity index (χ4v) is 2.52. The molecule has 6 heteroatoms. The fourth-order valence-electron chi connectivity index (χ4n) is 1.72. The van der Waals surface area contributed by atoms with Crippen molar-refractivity contribution in [2.75, 3.05) is 0 Å². The van der Waals surface area contributed by atoms with Crippen molar-refractivity contribution in [2.24, 2.45) is 5.10 Å². The summed E-state index contributed by atoms with van der Waals surface area (Å²) in [5.41, 5.74) is 0.737. The predicted molar refractivity (Wildman–Crippen MR) is 75.8 cm³/mol. The van der Waals surface area contributed by atoms with Crippen molar-refractivity contribution in [1.82, 2.24) is 14.6 Å². The van der Waals surface area contributed by atoms with Crippen LogP contribution in [0.2, 0.25) is 0 Å². The highest BCUT2D eigenvalue weighted by Crippen LogP contribution is 2.14. The molecule has 0 saturated carbocycles. The Hall–Kier alpha value is -2.34. The third kappa shape index (κ3) is 2.17. The molecule has 0 bridgehead atoms. The molecule has 0 amide bonds. The zero-order valence-corrected chi connectivity index (χ0v) is 11.0. The first-order chi connectivity index (χ1) is 9.25. The van der Waals surface area contributed by atoms with E-state index in [1.54, 1.807) is 31.6 Å². The van der Waals surface area contributed by atoms with Crippen LogP contribution in [-0.2, 0) is 0 Å². The summed E-state index contributed by atoms with van der Waals surface area (Å²) in [7, 11) is 0. The first kappa shape index (κ1) is 11.7. The van der Waals surface area contributed by atoms with Gasteiger partial charge in [0, 0.05) is 12.4 Å². The Morgan fingerprint density at radius 2 is 2.11 bits per heavy atom.